The predicted octanol–water partition coefficient (Wildman–Crippen LogP) is 1.50. The topological polar surface area (TPSA) is 79.8 Å². The van der Waals surface area contributed by atoms with Gasteiger partial charge in [-0.3, -0.25) is 4.79 Å². The largest absolute Gasteiger partial charge is 0.491 e. The summed E-state index contributed by atoms with van der Waals surface area (Å²) in [7, 11) is 0. The van der Waals surface area contributed by atoms with Gasteiger partial charge in [0.05, 0.1) is 19.8 Å². The lowest BCUT2D eigenvalue weighted by Crippen LogP contribution is -2.26. The van der Waals surface area contributed by atoms with Crippen LogP contribution >= 0.6 is 0 Å². The number of carbonyl (C=O) groups is 1. The van der Waals surface area contributed by atoms with Crippen molar-refractivity contribution in [3.8, 4) is 5.75 Å². The van der Waals surface area contributed by atoms with E-state index in [2.05, 4.69) is 28.8 Å². The Morgan fingerprint density at radius 1 is 1.11 bits per heavy atom. The lowest BCUT2D eigenvalue weighted by molar-refractivity contribution is 0.0943. The first-order valence-corrected chi connectivity index (χ1v) is 9.27. The molecule has 0 unspecified atom stereocenters. The smallest absolute Gasteiger partial charge is 0.251 e. The molecule has 2 aromatic carbocycles. The molecule has 0 spiro atoms. The Hall–Kier alpha value is -2.41. The second-order valence-electron chi connectivity index (χ2n) is 6.44. The molecule has 0 fully saturated rings. The maximum atomic E-state index is 12.2. The van der Waals surface area contributed by atoms with Gasteiger partial charge >= 0.3 is 0 Å². The molecule has 0 aliphatic carbocycles. The van der Waals surface area contributed by atoms with Gasteiger partial charge in [-0.15, -0.1) is 0 Å². The number of hydrogen-bond donors (Lipinski definition) is 3. The summed E-state index contributed by atoms with van der Waals surface area (Å²) in [6.45, 7) is 3.37. The number of fused-ring (bicyclic) bond motifs is 3. The highest BCUT2D eigenvalue weighted by atomic mass is 16.5. The fourth-order valence-electron chi connectivity index (χ4n) is 3.03. The third-order valence-electron chi connectivity index (χ3n) is 4.34. The molecule has 0 saturated carbocycles. The molecule has 2 bridgehead atoms. The summed E-state index contributed by atoms with van der Waals surface area (Å²) in [5, 5.41) is 15.0. The van der Waals surface area contributed by atoms with E-state index in [-0.39, 0.29) is 19.1 Å². The van der Waals surface area contributed by atoms with E-state index >= 15 is 0 Å². The second-order valence-corrected chi connectivity index (χ2v) is 6.44. The molecule has 0 aromatic heterocycles. The Kier molecular flexibility index (Phi) is 7.21. The van der Waals surface area contributed by atoms with E-state index in [9.17, 15) is 4.79 Å². The van der Waals surface area contributed by atoms with E-state index in [1.54, 1.807) is 6.07 Å². The Balaban J connectivity index is 1.87. The van der Waals surface area contributed by atoms with Crippen LogP contribution in [0, 0.1) is 0 Å². The first-order valence-electron chi connectivity index (χ1n) is 9.27. The molecule has 6 heteroatoms. The molecule has 3 rings (SSSR count). The molecular formula is C21H26N2O4. The average Bonchev–Trinajstić information content (AvgIpc) is 2.68. The Morgan fingerprint density at radius 2 is 2.00 bits per heavy atom. The number of aliphatic hydroxyl groups is 1. The van der Waals surface area contributed by atoms with E-state index in [0.29, 0.717) is 31.8 Å². The van der Waals surface area contributed by atoms with Gasteiger partial charge in [0.2, 0.25) is 0 Å². The zero-order chi connectivity index (χ0) is 18.9. The van der Waals surface area contributed by atoms with Crippen molar-refractivity contribution < 1.29 is 19.4 Å². The molecule has 3 N–H and O–H groups in total. The maximum Gasteiger partial charge on any atom is 0.251 e. The normalized spacial score (nSPS) is 15.1. The third-order valence-corrected chi connectivity index (χ3v) is 4.34. The minimum absolute atomic E-state index is 0.0827. The van der Waals surface area contributed by atoms with Crippen LogP contribution in [-0.4, -0.2) is 50.5 Å². The highest BCUT2D eigenvalue weighted by Gasteiger charge is 2.12. The first-order chi connectivity index (χ1) is 13.3. The van der Waals surface area contributed by atoms with Crippen LogP contribution < -0.4 is 15.4 Å². The standard InChI is InChI=1S/C21H26N2O4/c24-8-6-23-21(25)18-4-5-20-19(14-18)13-16-2-1-3-17(12-16)15-22-7-9-26-10-11-27-20/h1-5,12,14,22,24H,6-11,13,15H2,(H,23,25). The molecule has 0 radical (unpaired) electrons. The van der Waals surface area contributed by atoms with Crippen LogP contribution in [0.15, 0.2) is 42.5 Å². The van der Waals surface area contributed by atoms with Gasteiger partial charge < -0.3 is 25.2 Å². The van der Waals surface area contributed by atoms with E-state index in [1.807, 2.05) is 18.2 Å². The molecule has 1 aliphatic heterocycles. The van der Waals surface area contributed by atoms with Crippen molar-refractivity contribution in [2.75, 3.05) is 39.5 Å². The lowest BCUT2D eigenvalue weighted by Gasteiger charge is -2.15. The van der Waals surface area contributed by atoms with E-state index < -0.39 is 0 Å². The summed E-state index contributed by atoms with van der Waals surface area (Å²) in [5.74, 6) is 0.561. The van der Waals surface area contributed by atoms with Gasteiger partial charge in [0.1, 0.15) is 12.4 Å². The first kappa shape index (κ1) is 19.4. The maximum absolute atomic E-state index is 12.2. The van der Waals surface area contributed by atoms with Crippen molar-refractivity contribution in [2.24, 2.45) is 0 Å². The van der Waals surface area contributed by atoms with Crippen molar-refractivity contribution in [3.63, 3.8) is 0 Å². The molecule has 1 aliphatic rings. The van der Waals surface area contributed by atoms with Crippen molar-refractivity contribution in [2.45, 2.75) is 13.0 Å². The van der Waals surface area contributed by atoms with Crippen LogP contribution in [0.5, 0.6) is 5.75 Å². The molecular weight excluding hydrogens is 344 g/mol. The molecule has 6 nitrogen and oxygen atoms in total. The summed E-state index contributed by atoms with van der Waals surface area (Å²) in [6.07, 6.45) is 0.672. The summed E-state index contributed by atoms with van der Waals surface area (Å²) in [5.41, 5.74) is 3.89. The van der Waals surface area contributed by atoms with Crippen LogP contribution in [0.2, 0.25) is 0 Å². The Bertz CT molecular complexity index is 764. The predicted molar refractivity (Wildman–Crippen MR) is 103 cm³/mol. The van der Waals surface area contributed by atoms with Gasteiger partial charge in [-0.25, -0.2) is 0 Å². The van der Waals surface area contributed by atoms with Gasteiger partial charge in [0.25, 0.3) is 5.91 Å². The number of carbonyl (C=O) groups excluding carboxylic acids is 1. The molecule has 1 heterocycles. The highest BCUT2D eigenvalue weighted by molar-refractivity contribution is 5.94. The Morgan fingerprint density at radius 3 is 2.89 bits per heavy atom. The van der Waals surface area contributed by atoms with Gasteiger partial charge in [0, 0.05) is 31.6 Å². The number of rotatable bonds is 3. The highest BCUT2D eigenvalue weighted by Crippen LogP contribution is 2.24. The van der Waals surface area contributed by atoms with Gasteiger partial charge in [0.15, 0.2) is 0 Å². The second kappa shape index (κ2) is 10.1. The van der Waals surface area contributed by atoms with Gasteiger partial charge in [-0.2, -0.15) is 0 Å². The fraction of sp³-hybridized carbons (Fsp3) is 0.381. The molecule has 0 saturated heterocycles. The van der Waals surface area contributed by atoms with E-state index in [1.165, 1.54) is 11.1 Å². The van der Waals surface area contributed by atoms with Crippen molar-refractivity contribution in [3.05, 3.63) is 64.7 Å². The number of benzene rings is 2. The van der Waals surface area contributed by atoms with Crippen LogP contribution in [-0.2, 0) is 17.7 Å². The SMILES string of the molecule is O=C(NCCO)c1ccc2c(c1)Cc1cccc(c1)CNCCOCCO2. The molecule has 27 heavy (non-hydrogen) atoms. The van der Waals surface area contributed by atoms with Crippen LogP contribution in [0.3, 0.4) is 0 Å². The molecule has 0 atom stereocenters. The van der Waals surface area contributed by atoms with E-state index in [0.717, 1.165) is 24.4 Å². The van der Waals surface area contributed by atoms with Crippen molar-refractivity contribution >= 4 is 5.91 Å². The minimum atomic E-state index is -0.201. The van der Waals surface area contributed by atoms with Gasteiger partial charge in [-0.1, -0.05) is 24.3 Å². The summed E-state index contributed by atoms with van der Waals surface area (Å²) >= 11 is 0. The van der Waals surface area contributed by atoms with Crippen molar-refractivity contribution in [1.82, 2.24) is 10.6 Å². The quantitative estimate of drug-likeness (QED) is 0.763. The lowest BCUT2D eigenvalue weighted by atomic mass is 9.99. The summed E-state index contributed by atoms with van der Waals surface area (Å²) in [4.78, 5) is 12.2. The van der Waals surface area contributed by atoms with Crippen LogP contribution in [0.1, 0.15) is 27.0 Å². The third kappa shape index (κ3) is 5.79. The number of aliphatic hydroxyl groups excluding tert-OH is 1. The van der Waals surface area contributed by atoms with Crippen LogP contribution in [0.4, 0.5) is 0 Å². The summed E-state index contributed by atoms with van der Waals surface area (Å²) in [6, 6.07) is 13.8. The van der Waals surface area contributed by atoms with Gasteiger partial charge in [-0.05, 0) is 34.9 Å². The minimum Gasteiger partial charge on any atom is -0.491 e. The van der Waals surface area contributed by atoms with Crippen molar-refractivity contribution in [1.29, 1.82) is 0 Å². The van der Waals surface area contributed by atoms with Crippen LogP contribution in [0.25, 0.3) is 0 Å². The monoisotopic (exact) mass is 370 g/mol. The van der Waals surface area contributed by atoms with E-state index in [4.69, 9.17) is 14.6 Å². The Labute approximate surface area is 159 Å². The number of nitrogens with one attached hydrogen (secondary N) is 2. The number of hydrogen-bond acceptors (Lipinski definition) is 5. The molecule has 1 amide bonds. The molecule has 2 aromatic rings. The zero-order valence-electron chi connectivity index (χ0n) is 15.4. The molecule has 144 valence electrons. The zero-order valence-corrected chi connectivity index (χ0v) is 15.4. The average molecular weight is 370 g/mol. The fourth-order valence-corrected chi connectivity index (χ4v) is 3.03. The summed E-state index contributed by atoms with van der Waals surface area (Å²) < 4.78 is 11.5. The number of ether oxygens (including phenoxy) is 2. The number of amides is 1.